The summed E-state index contributed by atoms with van der Waals surface area (Å²) in [5, 5.41) is 9.02. The third-order valence-electron chi connectivity index (χ3n) is 5.67. The number of anilines is 1. The van der Waals surface area contributed by atoms with Crippen molar-refractivity contribution in [2.75, 3.05) is 44.3 Å². The second-order valence-corrected chi connectivity index (χ2v) is 7.79. The van der Waals surface area contributed by atoms with Crippen LogP contribution in [0.3, 0.4) is 0 Å². The Kier molecular flexibility index (Phi) is 6.62. The molecule has 178 valence electrons. The number of carbonyl (C=O) groups excluding carboxylic acids is 3. The normalized spacial score (nSPS) is 18.0. The zero-order chi connectivity index (χ0) is 24.2. The van der Waals surface area contributed by atoms with Gasteiger partial charge in [0, 0.05) is 31.7 Å². The van der Waals surface area contributed by atoms with E-state index in [4.69, 9.17) is 14.6 Å². The van der Waals surface area contributed by atoms with Crippen LogP contribution in [0, 0.1) is 5.82 Å². The van der Waals surface area contributed by atoms with Crippen LogP contribution in [-0.4, -0.2) is 84.4 Å². The van der Waals surface area contributed by atoms with E-state index < -0.39 is 35.9 Å². The minimum Gasteiger partial charge on any atom is -0.465 e. The lowest BCUT2D eigenvalue weighted by atomic mass is 10.1. The first kappa shape index (κ1) is 23.0. The number of benzene rings is 2. The number of esters is 1. The molecule has 0 bridgehead atoms. The molecule has 11 heteroatoms. The lowest BCUT2D eigenvalue weighted by Crippen LogP contribution is -2.50. The van der Waals surface area contributed by atoms with Crippen molar-refractivity contribution in [2.45, 2.75) is 6.04 Å². The fraction of sp³-hybridized carbons (Fsp3) is 0.304. The molecule has 3 amide bonds. The molecule has 2 aromatic carbocycles. The summed E-state index contributed by atoms with van der Waals surface area (Å²) in [6, 6.07) is 11.3. The van der Waals surface area contributed by atoms with Gasteiger partial charge in [-0.2, -0.15) is 0 Å². The second-order valence-electron chi connectivity index (χ2n) is 7.79. The summed E-state index contributed by atoms with van der Waals surface area (Å²) in [6.07, 6.45) is -1.84. The van der Waals surface area contributed by atoms with E-state index in [0.717, 1.165) is 11.0 Å². The summed E-state index contributed by atoms with van der Waals surface area (Å²) in [4.78, 5) is 51.9. The molecular formula is C23H22FN3O7. The van der Waals surface area contributed by atoms with E-state index in [1.165, 1.54) is 21.9 Å². The van der Waals surface area contributed by atoms with E-state index in [2.05, 4.69) is 0 Å². The van der Waals surface area contributed by atoms with Crippen LogP contribution in [0.25, 0.3) is 0 Å². The Morgan fingerprint density at radius 1 is 1.00 bits per heavy atom. The van der Waals surface area contributed by atoms with Crippen molar-refractivity contribution in [1.82, 2.24) is 9.80 Å². The second kappa shape index (κ2) is 9.77. The number of rotatable bonds is 5. The fourth-order valence-corrected chi connectivity index (χ4v) is 3.83. The Labute approximate surface area is 194 Å². The lowest BCUT2D eigenvalue weighted by Gasteiger charge is -2.33. The van der Waals surface area contributed by atoms with Crippen LogP contribution < -0.4 is 4.90 Å². The largest absolute Gasteiger partial charge is 0.465 e. The van der Waals surface area contributed by atoms with Crippen molar-refractivity contribution < 1.29 is 38.1 Å². The van der Waals surface area contributed by atoms with Gasteiger partial charge in [0.25, 0.3) is 5.91 Å². The maximum absolute atomic E-state index is 15.0. The number of cyclic esters (lactones) is 1. The van der Waals surface area contributed by atoms with Crippen LogP contribution in [0.1, 0.15) is 20.7 Å². The quantitative estimate of drug-likeness (QED) is 0.666. The third kappa shape index (κ3) is 4.77. The summed E-state index contributed by atoms with van der Waals surface area (Å²) in [5.74, 6) is -1.83. The molecule has 4 rings (SSSR count). The number of nitrogens with zero attached hydrogens (tertiary/aromatic N) is 3. The van der Waals surface area contributed by atoms with Gasteiger partial charge < -0.3 is 24.4 Å². The molecule has 2 aliphatic rings. The van der Waals surface area contributed by atoms with Crippen molar-refractivity contribution in [1.29, 1.82) is 0 Å². The van der Waals surface area contributed by atoms with E-state index in [-0.39, 0.29) is 50.6 Å². The molecule has 1 N–H and O–H groups in total. The standard InChI is InChI=1S/C23H22FN3O7/c24-18-12-16(20(28)25-8-10-26(11-9-25)22(30)31)6-7-19(18)27-17(14-34-23(27)32)13-33-21(29)15-4-2-1-3-5-15/h1-7,12,17H,8-11,13-14H2,(H,30,31)/t17-/m1/s1. The molecule has 2 saturated heterocycles. The van der Waals surface area contributed by atoms with Gasteiger partial charge in [-0.1, -0.05) is 18.2 Å². The van der Waals surface area contributed by atoms with Gasteiger partial charge in [0.2, 0.25) is 0 Å². The van der Waals surface area contributed by atoms with Crippen molar-refractivity contribution in [3.05, 3.63) is 65.5 Å². The molecule has 2 heterocycles. The highest BCUT2D eigenvalue weighted by Gasteiger charge is 2.37. The van der Waals surface area contributed by atoms with Crippen LogP contribution >= 0.6 is 0 Å². The molecule has 0 aromatic heterocycles. The lowest BCUT2D eigenvalue weighted by molar-refractivity contribution is 0.0475. The summed E-state index contributed by atoms with van der Waals surface area (Å²) < 4.78 is 25.3. The van der Waals surface area contributed by atoms with Crippen molar-refractivity contribution >= 4 is 29.8 Å². The Balaban J connectivity index is 1.43. The highest BCUT2D eigenvalue weighted by Crippen LogP contribution is 2.28. The number of amides is 3. The minimum absolute atomic E-state index is 0.0737. The highest BCUT2D eigenvalue weighted by molar-refractivity contribution is 5.96. The Morgan fingerprint density at radius 2 is 1.68 bits per heavy atom. The highest BCUT2D eigenvalue weighted by atomic mass is 19.1. The summed E-state index contributed by atoms with van der Waals surface area (Å²) in [5.41, 5.74) is 0.317. The Morgan fingerprint density at radius 3 is 2.32 bits per heavy atom. The maximum atomic E-state index is 15.0. The number of carboxylic acid groups (broad SMARTS) is 1. The molecule has 2 aromatic rings. The molecule has 10 nitrogen and oxygen atoms in total. The number of ether oxygens (including phenoxy) is 2. The number of piperazine rings is 1. The number of hydrogen-bond donors (Lipinski definition) is 1. The van der Waals surface area contributed by atoms with Gasteiger partial charge in [-0.3, -0.25) is 9.69 Å². The van der Waals surface area contributed by atoms with Crippen LogP contribution in [-0.2, 0) is 9.47 Å². The first-order valence-electron chi connectivity index (χ1n) is 10.6. The van der Waals surface area contributed by atoms with Crippen molar-refractivity contribution in [3.8, 4) is 0 Å². The van der Waals surface area contributed by atoms with E-state index >= 15 is 0 Å². The van der Waals surface area contributed by atoms with Crippen molar-refractivity contribution in [3.63, 3.8) is 0 Å². The van der Waals surface area contributed by atoms with Crippen LogP contribution in [0.15, 0.2) is 48.5 Å². The third-order valence-corrected chi connectivity index (χ3v) is 5.67. The van der Waals surface area contributed by atoms with Gasteiger partial charge in [-0.05, 0) is 30.3 Å². The average Bonchev–Trinajstić information content (AvgIpc) is 3.22. The van der Waals surface area contributed by atoms with Crippen LogP contribution in [0.4, 0.5) is 19.7 Å². The van der Waals surface area contributed by atoms with Gasteiger partial charge in [-0.25, -0.2) is 18.8 Å². The van der Waals surface area contributed by atoms with E-state index in [0.29, 0.717) is 5.56 Å². The molecule has 2 fully saturated rings. The minimum atomic E-state index is -1.05. The van der Waals surface area contributed by atoms with Crippen LogP contribution in [0.5, 0.6) is 0 Å². The van der Waals surface area contributed by atoms with Gasteiger partial charge in [0.1, 0.15) is 25.1 Å². The van der Waals surface area contributed by atoms with Gasteiger partial charge in [0.05, 0.1) is 11.3 Å². The van der Waals surface area contributed by atoms with E-state index in [1.54, 1.807) is 30.3 Å². The first-order valence-corrected chi connectivity index (χ1v) is 10.6. The van der Waals surface area contributed by atoms with E-state index in [9.17, 15) is 23.6 Å². The van der Waals surface area contributed by atoms with Crippen molar-refractivity contribution in [2.24, 2.45) is 0 Å². The monoisotopic (exact) mass is 471 g/mol. The molecule has 0 unspecified atom stereocenters. The molecule has 0 aliphatic carbocycles. The van der Waals surface area contributed by atoms with Gasteiger partial charge in [0.15, 0.2) is 0 Å². The smallest absolute Gasteiger partial charge is 0.414 e. The van der Waals surface area contributed by atoms with Gasteiger partial charge in [-0.15, -0.1) is 0 Å². The number of carbonyl (C=O) groups is 4. The molecular weight excluding hydrogens is 449 g/mol. The van der Waals surface area contributed by atoms with Gasteiger partial charge >= 0.3 is 18.2 Å². The molecule has 34 heavy (non-hydrogen) atoms. The first-order chi connectivity index (χ1) is 16.3. The molecule has 0 spiro atoms. The predicted molar refractivity (Wildman–Crippen MR) is 116 cm³/mol. The number of hydrogen-bond acceptors (Lipinski definition) is 6. The topological polar surface area (TPSA) is 117 Å². The maximum Gasteiger partial charge on any atom is 0.414 e. The zero-order valence-corrected chi connectivity index (χ0v) is 18.1. The van der Waals surface area contributed by atoms with E-state index in [1.807, 2.05) is 0 Å². The zero-order valence-electron chi connectivity index (χ0n) is 18.1. The SMILES string of the molecule is O=C(OC[C@@H]1COC(=O)N1c1ccc(C(=O)N2CCN(C(=O)O)CC2)cc1F)c1ccccc1. The molecule has 1 atom stereocenters. The number of halogens is 1. The summed E-state index contributed by atoms with van der Waals surface area (Å²) in [7, 11) is 0. The summed E-state index contributed by atoms with van der Waals surface area (Å²) in [6.45, 7) is 0.446. The molecule has 2 aliphatic heterocycles. The molecule has 0 radical (unpaired) electrons. The Hall–Kier alpha value is -4.15. The molecule has 0 saturated carbocycles. The predicted octanol–water partition coefficient (Wildman–Crippen LogP) is 2.44. The Bertz CT molecular complexity index is 1100. The fourth-order valence-electron chi connectivity index (χ4n) is 3.83. The summed E-state index contributed by atoms with van der Waals surface area (Å²) >= 11 is 0. The average molecular weight is 471 g/mol. The van der Waals surface area contributed by atoms with Crippen LogP contribution in [0.2, 0.25) is 0 Å².